The van der Waals surface area contributed by atoms with Crippen LogP contribution in [0.4, 0.5) is 0 Å². The zero-order valence-corrected chi connectivity index (χ0v) is 4.35. The largest absolute Gasteiger partial charge is 0.343 e. The molecule has 1 unspecified atom stereocenters. The van der Waals surface area contributed by atoms with Crippen LogP contribution in [-0.2, 0) is 4.74 Å². The number of rotatable bonds is 1. The topological polar surface area (TPSA) is 57.1 Å². The quantitative estimate of drug-likeness (QED) is 0.337. The van der Waals surface area contributed by atoms with Gasteiger partial charge in [-0.05, 0) is 0 Å². The van der Waals surface area contributed by atoms with Crippen molar-refractivity contribution in [1.29, 1.82) is 5.26 Å². The van der Waals surface area contributed by atoms with Crippen LogP contribution in [0.25, 0.3) is 0 Å². The number of nitrogens with one attached hydrogen (secondary N) is 2. The van der Waals surface area contributed by atoms with E-state index in [9.17, 15) is 0 Å². The Bertz CT molecular complexity index is 102. The first-order valence-electron chi connectivity index (χ1n) is 2.43. The normalized spacial score (nSPS) is 27.1. The molecule has 2 N–H and O–H groups in total. The Balaban J connectivity index is 2.17. The van der Waals surface area contributed by atoms with Gasteiger partial charge in [0.1, 0.15) is 0 Å². The molecule has 0 aromatic heterocycles. The van der Waals surface area contributed by atoms with E-state index in [-0.39, 0.29) is 6.35 Å². The van der Waals surface area contributed by atoms with E-state index in [0.29, 0.717) is 6.61 Å². The average Bonchev–Trinajstić information content (AvgIpc) is 2.19. The second kappa shape index (κ2) is 2.50. The lowest BCUT2D eigenvalue weighted by Gasteiger charge is -2.03. The van der Waals surface area contributed by atoms with Gasteiger partial charge in [-0.15, -0.1) is 0 Å². The summed E-state index contributed by atoms with van der Waals surface area (Å²) in [5, 5.41) is 13.4. The van der Waals surface area contributed by atoms with Crippen molar-refractivity contribution >= 4 is 0 Å². The second-order valence-corrected chi connectivity index (χ2v) is 1.46. The molecule has 1 saturated heterocycles. The van der Waals surface area contributed by atoms with Gasteiger partial charge in [-0.2, -0.15) is 5.26 Å². The molecule has 1 aliphatic heterocycles. The van der Waals surface area contributed by atoms with E-state index in [1.54, 1.807) is 6.19 Å². The Morgan fingerprint density at radius 1 is 1.88 bits per heavy atom. The van der Waals surface area contributed by atoms with Gasteiger partial charge in [-0.25, -0.2) is 0 Å². The van der Waals surface area contributed by atoms with Crippen molar-refractivity contribution in [3.8, 4) is 6.19 Å². The molecule has 1 fully saturated rings. The molecule has 44 valence electrons. The van der Waals surface area contributed by atoms with Gasteiger partial charge in [0.15, 0.2) is 12.5 Å². The lowest BCUT2D eigenvalue weighted by atomic mass is 10.7. The summed E-state index contributed by atoms with van der Waals surface area (Å²) in [4.78, 5) is 0. The highest BCUT2D eigenvalue weighted by molar-refractivity contribution is 4.70. The molecule has 0 aliphatic carbocycles. The summed E-state index contributed by atoms with van der Waals surface area (Å²) in [6.45, 7) is 1.50. The van der Waals surface area contributed by atoms with Crippen LogP contribution in [0.1, 0.15) is 0 Å². The maximum atomic E-state index is 8.05. The van der Waals surface area contributed by atoms with Crippen molar-refractivity contribution in [2.24, 2.45) is 0 Å². The van der Waals surface area contributed by atoms with E-state index < -0.39 is 0 Å². The van der Waals surface area contributed by atoms with Gasteiger partial charge in [0.25, 0.3) is 0 Å². The summed E-state index contributed by atoms with van der Waals surface area (Å²) in [6.07, 6.45) is 1.52. The Morgan fingerprint density at radius 3 is 3.25 bits per heavy atom. The fraction of sp³-hybridized carbons (Fsp3) is 0.750. The minimum Gasteiger partial charge on any atom is -0.343 e. The van der Waals surface area contributed by atoms with Crippen molar-refractivity contribution in [2.45, 2.75) is 6.35 Å². The molecule has 1 rings (SSSR count). The Labute approximate surface area is 47.4 Å². The van der Waals surface area contributed by atoms with Gasteiger partial charge in [-0.1, -0.05) is 0 Å². The number of hydrogen-bond donors (Lipinski definition) is 2. The number of nitriles is 1. The lowest BCUT2D eigenvalue weighted by molar-refractivity contribution is 0.0871. The Kier molecular flexibility index (Phi) is 1.67. The third-order valence-corrected chi connectivity index (χ3v) is 0.912. The van der Waals surface area contributed by atoms with Crippen LogP contribution in [0, 0.1) is 11.5 Å². The van der Waals surface area contributed by atoms with Gasteiger partial charge in [0, 0.05) is 6.54 Å². The third-order valence-electron chi connectivity index (χ3n) is 0.912. The molecule has 1 aliphatic rings. The maximum absolute atomic E-state index is 8.05. The second-order valence-electron chi connectivity index (χ2n) is 1.46. The Morgan fingerprint density at radius 2 is 2.75 bits per heavy atom. The van der Waals surface area contributed by atoms with E-state index in [1.807, 2.05) is 0 Å². The van der Waals surface area contributed by atoms with E-state index in [2.05, 4.69) is 10.6 Å². The summed E-state index contributed by atoms with van der Waals surface area (Å²) in [6, 6.07) is 0. The highest BCUT2D eigenvalue weighted by Crippen LogP contribution is 1.87. The van der Waals surface area contributed by atoms with Crippen LogP contribution in [0.5, 0.6) is 0 Å². The summed E-state index contributed by atoms with van der Waals surface area (Å²) >= 11 is 0. The predicted octanol–water partition coefficient (Wildman–Crippen LogP) is -1.04. The summed E-state index contributed by atoms with van der Waals surface area (Å²) in [5.41, 5.74) is 0. The molecule has 0 bridgehead atoms. The number of ether oxygens (including phenoxy) is 1. The lowest BCUT2D eigenvalue weighted by Crippen LogP contribution is -2.34. The van der Waals surface area contributed by atoms with Gasteiger partial charge in [-0.3, -0.25) is 10.6 Å². The Hall–Kier alpha value is -0.790. The van der Waals surface area contributed by atoms with E-state index in [1.165, 1.54) is 0 Å². The summed E-state index contributed by atoms with van der Waals surface area (Å²) < 4.78 is 4.95. The van der Waals surface area contributed by atoms with E-state index >= 15 is 0 Å². The molecule has 0 aromatic rings. The standard InChI is InChI=1S/C4H7N3O/c5-3-7-4-6-1-2-8-4/h4,6-7H,1-2H2. The van der Waals surface area contributed by atoms with Crippen molar-refractivity contribution in [3.05, 3.63) is 0 Å². The highest BCUT2D eigenvalue weighted by atomic mass is 16.5. The van der Waals surface area contributed by atoms with Gasteiger partial charge < -0.3 is 4.74 Å². The molecule has 0 spiro atoms. The van der Waals surface area contributed by atoms with E-state index in [4.69, 9.17) is 10.00 Å². The zero-order chi connectivity index (χ0) is 5.82. The van der Waals surface area contributed by atoms with Crippen LogP contribution in [0.3, 0.4) is 0 Å². The van der Waals surface area contributed by atoms with E-state index in [0.717, 1.165) is 6.54 Å². The number of hydrogen-bond acceptors (Lipinski definition) is 4. The molecule has 0 aromatic carbocycles. The van der Waals surface area contributed by atoms with Crippen LogP contribution in [-0.4, -0.2) is 19.5 Å². The summed E-state index contributed by atoms with van der Waals surface area (Å²) in [5.74, 6) is 0. The fourth-order valence-corrected chi connectivity index (χ4v) is 0.577. The molecule has 4 heteroatoms. The van der Waals surface area contributed by atoms with Gasteiger partial charge >= 0.3 is 0 Å². The molecule has 1 atom stereocenters. The molecule has 0 radical (unpaired) electrons. The SMILES string of the molecule is N#CNC1NCCO1. The minimum absolute atomic E-state index is 0.250. The maximum Gasteiger partial charge on any atom is 0.192 e. The van der Waals surface area contributed by atoms with Crippen LogP contribution < -0.4 is 10.6 Å². The first kappa shape index (κ1) is 5.35. The molecule has 8 heavy (non-hydrogen) atoms. The van der Waals surface area contributed by atoms with Crippen molar-refractivity contribution in [3.63, 3.8) is 0 Å². The van der Waals surface area contributed by atoms with Crippen molar-refractivity contribution in [2.75, 3.05) is 13.2 Å². The molecule has 0 amide bonds. The smallest absolute Gasteiger partial charge is 0.192 e. The fourth-order valence-electron chi connectivity index (χ4n) is 0.577. The van der Waals surface area contributed by atoms with Crippen molar-refractivity contribution < 1.29 is 4.74 Å². The first-order valence-corrected chi connectivity index (χ1v) is 2.43. The molecular formula is C4H7N3O. The van der Waals surface area contributed by atoms with Crippen LogP contribution in [0.15, 0.2) is 0 Å². The van der Waals surface area contributed by atoms with Gasteiger partial charge in [0.05, 0.1) is 6.61 Å². The molecule has 0 saturated carbocycles. The minimum atomic E-state index is -0.250. The predicted molar refractivity (Wildman–Crippen MR) is 26.5 cm³/mol. The monoisotopic (exact) mass is 113 g/mol. The van der Waals surface area contributed by atoms with Crippen LogP contribution >= 0.6 is 0 Å². The highest BCUT2D eigenvalue weighted by Gasteiger charge is 2.11. The summed E-state index contributed by atoms with van der Waals surface area (Å²) in [7, 11) is 0. The first-order chi connectivity index (χ1) is 3.93. The zero-order valence-electron chi connectivity index (χ0n) is 4.35. The third kappa shape index (κ3) is 1.09. The number of nitrogens with zero attached hydrogens (tertiary/aromatic N) is 1. The van der Waals surface area contributed by atoms with Crippen LogP contribution in [0.2, 0.25) is 0 Å². The molecular weight excluding hydrogens is 106 g/mol. The molecule has 4 nitrogen and oxygen atoms in total. The molecule has 1 heterocycles. The average molecular weight is 113 g/mol. The van der Waals surface area contributed by atoms with Gasteiger partial charge in [0.2, 0.25) is 0 Å². The van der Waals surface area contributed by atoms with Crippen molar-refractivity contribution in [1.82, 2.24) is 10.6 Å².